The molecule has 1 heterocycles. The van der Waals surface area contributed by atoms with Gasteiger partial charge < -0.3 is 24.8 Å². The number of hydrogen-bond donors (Lipinski definition) is 3. The van der Waals surface area contributed by atoms with E-state index in [-0.39, 0.29) is 27.4 Å². The molecule has 0 spiro atoms. The van der Waals surface area contributed by atoms with Gasteiger partial charge in [0.15, 0.2) is 12.4 Å². The molecular formula is C42H43Cl2N3O9. The number of carbonyl (C=O) groups excluding carboxylic acids is 5. The van der Waals surface area contributed by atoms with Crippen LogP contribution in [0.2, 0.25) is 10.0 Å². The number of ketones is 1. The largest absolute Gasteiger partial charge is 0.490 e. The minimum Gasteiger partial charge on any atom is -0.490 e. The van der Waals surface area contributed by atoms with Gasteiger partial charge in [0, 0.05) is 5.56 Å². The summed E-state index contributed by atoms with van der Waals surface area (Å²) >= 11 is 12.3. The molecular weight excluding hydrogens is 761 g/mol. The van der Waals surface area contributed by atoms with E-state index >= 15 is 0 Å². The summed E-state index contributed by atoms with van der Waals surface area (Å²) in [5.74, 6) is -3.62. The fraction of sp³-hybridized carbons (Fsp3) is 0.310. The highest BCUT2D eigenvalue weighted by atomic mass is 35.5. The smallest absolute Gasteiger partial charge is 0.341 e. The number of Topliss-reactive ketones (excluding diaryl/α,β-unsaturated/α-hetero) is 1. The highest BCUT2D eigenvalue weighted by Gasteiger charge is 2.47. The first-order chi connectivity index (χ1) is 26.5. The van der Waals surface area contributed by atoms with Gasteiger partial charge in [0.1, 0.15) is 24.0 Å². The van der Waals surface area contributed by atoms with E-state index in [0.29, 0.717) is 17.0 Å². The Morgan fingerprint density at radius 3 is 2.16 bits per heavy atom. The lowest BCUT2D eigenvalue weighted by Gasteiger charge is -2.27. The molecule has 3 atom stereocenters. The number of benzene rings is 4. The van der Waals surface area contributed by atoms with Gasteiger partial charge in [-0.3, -0.25) is 29.5 Å². The Bertz CT molecular complexity index is 2110. The van der Waals surface area contributed by atoms with Crippen LogP contribution in [0.1, 0.15) is 61.8 Å². The minimum absolute atomic E-state index is 0.00976. The highest BCUT2D eigenvalue weighted by Crippen LogP contribution is 2.28. The van der Waals surface area contributed by atoms with Crippen LogP contribution in [0.3, 0.4) is 0 Å². The first-order valence-corrected chi connectivity index (χ1v) is 18.6. The number of ether oxygens (including phenoxy) is 3. The van der Waals surface area contributed by atoms with Gasteiger partial charge in [0.25, 0.3) is 11.8 Å². The van der Waals surface area contributed by atoms with Crippen molar-refractivity contribution in [3.05, 3.63) is 124 Å². The van der Waals surface area contributed by atoms with E-state index in [1.165, 1.54) is 18.2 Å². The summed E-state index contributed by atoms with van der Waals surface area (Å²) in [6, 6.07) is 23.9. The Balaban J connectivity index is 1.42. The molecule has 0 saturated heterocycles. The third-order valence-corrected chi connectivity index (χ3v) is 9.25. The van der Waals surface area contributed by atoms with Crippen molar-refractivity contribution in [1.82, 2.24) is 16.1 Å². The van der Waals surface area contributed by atoms with Crippen LogP contribution in [0, 0.1) is 5.92 Å². The molecule has 0 saturated carbocycles. The number of hydrogen-bond acceptors (Lipinski definition) is 10. The maximum absolute atomic E-state index is 14.4. The van der Waals surface area contributed by atoms with Crippen molar-refractivity contribution in [3.63, 3.8) is 0 Å². The predicted octanol–water partition coefficient (Wildman–Crippen LogP) is 6.78. The van der Waals surface area contributed by atoms with Crippen LogP contribution >= 0.6 is 23.2 Å². The number of rotatable bonds is 15. The number of nitrogens with one attached hydrogen (secondary N) is 3. The molecule has 5 rings (SSSR count). The zero-order valence-electron chi connectivity index (χ0n) is 31.5. The summed E-state index contributed by atoms with van der Waals surface area (Å²) in [6.45, 7) is 7.50. The molecule has 1 unspecified atom stereocenters. The normalized spacial score (nSPS) is 16.2. The molecule has 1 aliphatic rings. The van der Waals surface area contributed by atoms with Crippen molar-refractivity contribution < 1.29 is 43.0 Å². The van der Waals surface area contributed by atoms with E-state index in [1.54, 1.807) is 69.3 Å². The van der Waals surface area contributed by atoms with E-state index in [9.17, 15) is 24.0 Å². The average Bonchev–Trinajstić information content (AvgIpc) is 3.59. The van der Waals surface area contributed by atoms with E-state index in [1.807, 2.05) is 44.2 Å². The molecule has 294 valence electrons. The van der Waals surface area contributed by atoms with Gasteiger partial charge in [0.2, 0.25) is 5.60 Å². The number of esters is 2. The molecule has 1 aliphatic heterocycles. The Kier molecular flexibility index (Phi) is 13.4. The lowest BCUT2D eigenvalue weighted by molar-refractivity contribution is -0.158. The first kappa shape index (κ1) is 41.7. The van der Waals surface area contributed by atoms with Gasteiger partial charge in [-0.2, -0.15) is 0 Å². The zero-order chi connectivity index (χ0) is 40.6. The van der Waals surface area contributed by atoms with Crippen molar-refractivity contribution >= 4 is 63.5 Å². The Morgan fingerprint density at radius 2 is 1.50 bits per heavy atom. The van der Waals surface area contributed by atoms with Crippen LogP contribution in [0.5, 0.6) is 5.75 Å². The van der Waals surface area contributed by atoms with E-state index in [4.69, 9.17) is 42.3 Å². The standard InChI is InChI=1S/C42H43Cl2N3O9/c1-25(2)37(46-38(50)28-19-18-26-12-9-10-13-27(26)20-28)33-22-42(56-47-33,24-54-29-14-7-6-8-15-29)40(52)45-32(21-35(49)55-41(3,4)5)34(48)23-53-39(51)36-30(43)16-11-17-31(36)44/h6-20,22,25,32,37,47H,21,23-24H2,1-5H3,(H,45,52)(H,46,50)/t32-,37-,42?/m0/s1. The minimum atomic E-state index is -1.93. The highest BCUT2D eigenvalue weighted by molar-refractivity contribution is 6.39. The maximum Gasteiger partial charge on any atom is 0.341 e. The number of fused-ring (bicyclic) bond motifs is 1. The number of hydroxylamine groups is 1. The summed E-state index contributed by atoms with van der Waals surface area (Å²) < 4.78 is 16.7. The molecule has 0 aromatic heterocycles. The molecule has 0 aliphatic carbocycles. The SMILES string of the molecule is CC(C)[C@H](NC(=O)c1ccc2ccccc2c1)C1=CC(COc2ccccc2)(C(=O)N[C@@H](CC(=O)OC(C)(C)C)C(=O)COC(=O)c2c(Cl)cccc2Cl)ON1. The lowest BCUT2D eigenvalue weighted by Crippen LogP contribution is -2.56. The second-order valence-electron chi connectivity index (χ2n) is 14.5. The van der Waals surface area contributed by atoms with Gasteiger partial charge in [-0.15, -0.1) is 0 Å². The summed E-state index contributed by atoms with van der Waals surface area (Å²) in [4.78, 5) is 73.6. The van der Waals surface area contributed by atoms with Gasteiger partial charge >= 0.3 is 11.9 Å². The van der Waals surface area contributed by atoms with Crippen molar-refractivity contribution in [1.29, 1.82) is 0 Å². The lowest BCUT2D eigenvalue weighted by atomic mass is 9.95. The van der Waals surface area contributed by atoms with E-state index in [2.05, 4.69) is 16.1 Å². The monoisotopic (exact) mass is 803 g/mol. The predicted molar refractivity (Wildman–Crippen MR) is 211 cm³/mol. The summed E-state index contributed by atoms with van der Waals surface area (Å²) in [6.07, 6.45) is 0.868. The van der Waals surface area contributed by atoms with E-state index in [0.717, 1.165) is 10.8 Å². The molecule has 14 heteroatoms. The second-order valence-corrected chi connectivity index (χ2v) is 15.3. The topological polar surface area (TPSA) is 158 Å². The Hall–Kier alpha value is -5.43. The summed E-state index contributed by atoms with van der Waals surface area (Å²) in [5.41, 5.74) is 0.605. The van der Waals surface area contributed by atoms with Gasteiger partial charge in [-0.1, -0.05) is 91.6 Å². The summed E-state index contributed by atoms with van der Waals surface area (Å²) in [7, 11) is 0. The molecule has 56 heavy (non-hydrogen) atoms. The summed E-state index contributed by atoms with van der Waals surface area (Å²) in [5, 5.41) is 7.54. The van der Waals surface area contributed by atoms with Crippen molar-refractivity contribution in [2.75, 3.05) is 13.2 Å². The third kappa shape index (κ3) is 10.7. The van der Waals surface area contributed by atoms with Crippen molar-refractivity contribution in [2.24, 2.45) is 5.92 Å². The third-order valence-electron chi connectivity index (χ3n) is 8.62. The molecule has 12 nitrogen and oxygen atoms in total. The number of para-hydroxylation sites is 1. The quantitative estimate of drug-likeness (QED) is 0.109. The number of carbonyl (C=O) groups is 5. The van der Waals surface area contributed by atoms with Gasteiger partial charge in [0.05, 0.1) is 33.8 Å². The second kappa shape index (κ2) is 18.0. The fourth-order valence-electron chi connectivity index (χ4n) is 5.81. The van der Waals surface area contributed by atoms with Gasteiger partial charge in [-0.05, 0) is 79.9 Å². The van der Waals surface area contributed by atoms with Crippen LogP contribution in [0.25, 0.3) is 10.8 Å². The van der Waals surface area contributed by atoms with Crippen LogP contribution in [0.15, 0.2) is 103 Å². The maximum atomic E-state index is 14.4. The van der Waals surface area contributed by atoms with Crippen LogP contribution < -0.4 is 20.9 Å². The zero-order valence-corrected chi connectivity index (χ0v) is 33.0. The van der Waals surface area contributed by atoms with Crippen molar-refractivity contribution in [3.8, 4) is 5.75 Å². The van der Waals surface area contributed by atoms with Crippen LogP contribution in [0.4, 0.5) is 0 Å². The van der Waals surface area contributed by atoms with Gasteiger partial charge in [-0.25, -0.2) is 4.79 Å². The van der Waals surface area contributed by atoms with Crippen LogP contribution in [-0.2, 0) is 28.7 Å². The average molecular weight is 805 g/mol. The molecule has 4 aromatic carbocycles. The van der Waals surface area contributed by atoms with E-state index < -0.39 is 66.5 Å². The molecule has 4 aromatic rings. The molecule has 0 fully saturated rings. The van der Waals surface area contributed by atoms with Crippen molar-refractivity contribution in [2.45, 2.75) is 64.3 Å². The first-order valence-electron chi connectivity index (χ1n) is 17.9. The molecule has 0 bridgehead atoms. The molecule has 0 radical (unpaired) electrons. The molecule has 3 N–H and O–H groups in total. The number of halogens is 2. The Morgan fingerprint density at radius 1 is 0.839 bits per heavy atom. The molecule has 2 amide bonds. The fourth-order valence-corrected chi connectivity index (χ4v) is 6.36. The number of amides is 2. The Labute approximate surface area is 334 Å². The van der Waals surface area contributed by atoms with Crippen LogP contribution in [-0.4, -0.2) is 66.0 Å².